The molecule has 2 aliphatic heterocycles. The first-order chi connectivity index (χ1) is 10.9. The largest absolute Gasteiger partial charge is 0.381 e. The Balaban J connectivity index is 1.60. The fraction of sp³-hybridized carbons (Fsp3) is 0.722. The third kappa shape index (κ3) is 4.77. The lowest BCUT2D eigenvalue weighted by atomic mass is 10.0. The van der Waals surface area contributed by atoms with Gasteiger partial charge in [0, 0.05) is 32.0 Å². The first kappa shape index (κ1) is 15.9. The third-order valence-electron chi connectivity index (χ3n) is 5.00. The number of pyridine rings is 1. The molecular formula is C18H29N3O. The van der Waals surface area contributed by atoms with E-state index >= 15 is 0 Å². The lowest BCUT2D eigenvalue weighted by Crippen LogP contribution is -2.37. The van der Waals surface area contributed by atoms with Gasteiger partial charge < -0.3 is 10.1 Å². The molecule has 1 aromatic heterocycles. The summed E-state index contributed by atoms with van der Waals surface area (Å²) in [5.41, 5.74) is 1.20. The predicted octanol–water partition coefficient (Wildman–Crippen LogP) is 2.45. The maximum absolute atomic E-state index is 5.53. The Morgan fingerprint density at radius 3 is 3.05 bits per heavy atom. The summed E-state index contributed by atoms with van der Waals surface area (Å²) in [6.07, 6.45) is 8.26. The zero-order valence-electron chi connectivity index (χ0n) is 13.5. The fourth-order valence-corrected chi connectivity index (χ4v) is 3.62. The fourth-order valence-electron chi connectivity index (χ4n) is 3.62. The van der Waals surface area contributed by atoms with Crippen molar-refractivity contribution < 1.29 is 4.74 Å². The van der Waals surface area contributed by atoms with Gasteiger partial charge in [0.15, 0.2) is 0 Å². The summed E-state index contributed by atoms with van der Waals surface area (Å²) in [6, 6.07) is 6.94. The van der Waals surface area contributed by atoms with E-state index in [0.717, 1.165) is 32.2 Å². The molecule has 3 heterocycles. The van der Waals surface area contributed by atoms with Crippen molar-refractivity contribution in [3.63, 3.8) is 0 Å². The van der Waals surface area contributed by atoms with Crippen molar-refractivity contribution in [2.45, 2.75) is 44.7 Å². The second kappa shape index (κ2) is 8.61. The molecule has 0 amide bonds. The van der Waals surface area contributed by atoms with Gasteiger partial charge in [-0.2, -0.15) is 0 Å². The molecule has 3 rings (SSSR count). The number of hydrogen-bond acceptors (Lipinski definition) is 4. The minimum absolute atomic E-state index is 0.694. The summed E-state index contributed by atoms with van der Waals surface area (Å²) >= 11 is 0. The highest BCUT2D eigenvalue weighted by Crippen LogP contribution is 2.21. The average molecular weight is 303 g/mol. The van der Waals surface area contributed by atoms with Crippen LogP contribution in [0.3, 0.4) is 0 Å². The molecule has 0 bridgehead atoms. The van der Waals surface area contributed by atoms with Gasteiger partial charge in [-0.3, -0.25) is 9.88 Å². The van der Waals surface area contributed by atoms with Crippen molar-refractivity contribution in [3.8, 4) is 0 Å². The van der Waals surface area contributed by atoms with E-state index in [2.05, 4.69) is 27.3 Å². The molecule has 2 atom stereocenters. The number of aromatic nitrogens is 1. The van der Waals surface area contributed by atoms with E-state index in [1.165, 1.54) is 50.9 Å². The standard InChI is InChI=1S/C18H29N3O/c1-2-10-20-17(4-1)14-21(12-7-16-8-13-22-15-16)18-5-3-9-19-11-6-18/h1-2,4,10,16,18-19H,3,5-9,11-15H2. The van der Waals surface area contributed by atoms with E-state index in [1.54, 1.807) is 0 Å². The van der Waals surface area contributed by atoms with Crippen molar-refractivity contribution in [1.29, 1.82) is 0 Å². The Kier molecular flexibility index (Phi) is 6.22. The van der Waals surface area contributed by atoms with Crippen molar-refractivity contribution in [2.75, 3.05) is 32.8 Å². The first-order valence-corrected chi connectivity index (χ1v) is 8.84. The van der Waals surface area contributed by atoms with Gasteiger partial charge in [0.1, 0.15) is 0 Å². The molecule has 4 nitrogen and oxygen atoms in total. The molecule has 2 fully saturated rings. The molecule has 1 aromatic rings. The Morgan fingerprint density at radius 1 is 1.23 bits per heavy atom. The van der Waals surface area contributed by atoms with Crippen LogP contribution in [0.25, 0.3) is 0 Å². The van der Waals surface area contributed by atoms with E-state index in [4.69, 9.17) is 4.74 Å². The van der Waals surface area contributed by atoms with E-state index in [-0.39, 0.29) is 0 Å². The SMILES string of the molecule is c1ccc(CN(CCC2CCOC2)C2CCCNCC2)nc1. The summed E-state index contributed by atoms with van der Waals surface area (Å²) < 4.78 is 5.53. The van der Waals surface area contributed by atoms with Crippen LogP contribution in [0.4, 0.5) is 0 Å². The predicted molar refractivity (Wildman–Crippen MR) is 88.7 cm³/mol. The molecule has 2 unspecified atom stereocenters. The molecule has 2 aliphatic rings. The summed E-state index contributed by atoms with van der Waals surface area (Å²) in [4.78, 5) is 7.21. The van der Waals surface area contributed by atoms with Crippen molar-refractivity contribution in [1.82, 2.24) is 15.2 Å². The number of ether oxygens (including phenoxy) is 1. The minimum Gasteiger partial charge on any atom is -0.381 e. The van der Waals surface area contributed by atoms with Crippen LogP contribution < -0.4 is 5.32 Å². The Bertz CT molecular complexity index is 412. The third-order valence-corrected chi connectivity index (χ3v) is 5.00. The Hall–Kier alpha value is -0.970. The second-order valence-corrected chi connectivity index (χ2v) is 6.64. The minimum atomic E-state index is 0.694. The number of hydrogen-bond donors (Lipinski definition) is 1. The van der Waals surface area contributed by atoms with E-state index < -0.39 is 0 Å². The van der Waals surface area contributed by atoms with Crippen LogP contribution in [0.1, 0.15) is 37.8 Å². The lowest BCUT2D eigenvalue weighted by Gasteiger charge is -2.31. The summed E-state index contributed by atoms with van der Waals surface area (Å²) in [6.45, 7) is 6.40. The summed E-state index contributed by atoms with van der Waals surface area (Å²) in [5.74, 6) is 0.759. The zero-order valence-corrected chi connectivity index (χ0v) is 13.5. The quantitative estimate of drug-likeness (QED) is 0.876. The van der Waals surface area contributed by atoms with E-state index in [9.17, 15) is 0 Å². The zero-order chi connectivity index (χ0) is 15.0. The Morgan fingerprint density at radius 2 is 2.23 bits per heavy atom. The first-order valence-electron chi connectivity index (χ1n) is 8.84. The van der Waals surface area contributed by atoms with Gasteiger partial charge in [-0.05, 0) is 69.8 Å². The van der Waals surface area contributed by atoms with E-state index in [0.29, 0.717) is 6.04 Å². The molecular weight excluding hydrogens is 274 g/mol. The second-order valence-electron chi connectivity index (χ2n) is 6.64. The molecule has 1 N–H and O–H groups in total. The monoisotopic (exact) mass is 303 g/mol. The summed E-state index contributed by atoms with van der Waals surface area (Å²) in [7, 11) is 0. The maximum atomic E-state index is 5.53. The van der Waals surface area contributed by atoms with Crippen LogP contribution in [0.5, 0.6) is 0 Å². The van der Waals surface area contributed by atoms with Crippen LogP contribution in [-0.4, -0.2) is 48.8 Å². The van der Waals surface area contributed by atoms with Gasteiger partial charge in [-0.25, -0.2) is 0 Å². The van der Waals surface area contributed by atoms with Crippen LogP contribution in [0.2, 0.25) is 0 Å². The molecule has 0 aromatic carbocycles. The normalized spacial score (nSPS) is 26.2. The van der Waals surface area contributed by atoms with Gasteiger partial charge in [0.25, 0.3) is 0 Å². The lowest BCUT2D eigenvalue weighted by molar-refractivity contribution is 0.148. The van der Waals surface area contributed by atoms with Crippen LogP contribution in [-0.2, 0) is 11.3 Å². The Labute approximate surface area is 134 Å². The smallest absolute Gasteiger partial charge is 0.0544 e. The van der Waals surface area contributed by atoms with Gasteiger partial charge in [-0.15, -0.1) is 0 Å². The van der Waals surface area contributed by atoms with Crippen molar-refractivity contribution in [3.05, 3.63) is 30.1 Å². The topological polar surface area (TPSA) is 37.4 Å². The van der Waals surface area contributed by atoms with Crippen molar-refractivity contribution >= 4 is 0 Å². The number of rotatable bonds is 6. The molecule has 0 spiro atoms. The molecule has 0 aliphatic carbocycles. The van der Waals surface area contributed by atoms with Gasteiger partial charge in [0.05, 0.1) is 5.69 Å². The van der Waals surface area contributed by atoms with Crippen LogP contribution >= 0.6 is 0 Å². The highest BCUT2D eigenvalue weighted by atomic mass is 16.5. The molecule has 22 heavy (non-hydrogen) atoms. The highest BCUT2D eigenvalue weighted by molar-refractivity contribution is 5.03. The van der Waals surface area contributed by atoms with Crippen LogP contribution in [0.15, 0.2) is 24.4 Å². The molecule has 122 valence electrons. The average Bonchev–Trinajstić information content (AvgIpc) is 2.93. The van der Waals surface area contributed by atoms with Gasteiger partial charge >= 0.3 is 0 Å². The highest BCUT2D eigenvalue weighted by Gasteiger charge is 2.23. The molecule has 2 saturated heterocycles. The van der Waals surface area contributed by atoms with Gasteiger partial charge in [-0.1, -0.05) is 6.07 Å². The number of nitrogens with zero attached hydrogens (tertiary/aromatic N) is 2. The van der Waals surface area contributed by atoms with Crippen molar-refractivity contribution in [2.24, 2.45) is 5.92 Å². The van der Waals surface area contributed by atoms with Crippen LogP contribution in [0, 0.1) is 5.92 Å². The van der Waals surface area contributed by atoms with E-state index in [1.807, 2.05) is 12.3 Å². The summed E-state index contributed by atoms with van der Waals surface area (Å²) in [5, 5.41) is 3.53. The number of nitrogens with one attached hydrogen (secondary N) is 1. The molecule has 0 saturated carbocycles. The van der Waals surface area contributed by atoms with Gasteiger partial charge in [0.2, 0.25) is 0 Å². The molecule has 0 radical (unpaired) electrons. The maximum Gasteiger partial charge on any atom is 0.0544 e. The molecule has 4 heteroatoms.